The zero-order valence-electron chi connectivity index (χ0n) is 20.7. The van der Waals surface area contributed by atoms with Gasteiger partial charge in [-0.1, -0.05) is 77.8 Å². The van der Waals surface area contributed by atoms with Gasteiger partial charge in [0.25, 0.3) is 0 Å². The normalized spacial score (nSPS) is 19.1. The molecule has 1 aliphatic rings. The first-order valence-corrected chi connectivity index (χ1v) is 13.6. The second-order valence-corrected chi connectivity index (χ2v) is 12.2. The standard InChI is InChI=1S/C27H35NO5S/c1-6-14-27(15-7-2)24(29)22(25(30)33-27)23(26(3,4)5)20-12-10-11-19(17-20)18-34(31,32)21-13-8-9-16-28-21/h8-13,16-17,22-23H,6-7,14-15,18H2,1-5H3. The zero-order chi connectivity index (χ0) is 25.1. The number of carbonyl (C=O) groups is 2. The van der Waals surface area contributed by atoms with Gasteiger partial charge in [0.05, 0.1) is 5.75 Å². The smallest absolute Gasteiger partial charge is 0.318 e. The fourth-order valence-electron chi connectivity index (χ4n) is 5.16. The van der Waals surface area contributed by atoms with E-state index in [9.17, 15) is 18.0 Å². The molecule has 3 rings (SSSR count). The first-order valence-electron chi connectivity index (χ1n) is 11.9. The summed E-state index contributed by atoms with van der Waals surface area (Å²) in [6, 6.07) is 12.0. The highest BCUT2D eigenvalue weighted by Crippen LogP contribution is 2.48. The fourth-order valence-corrected chi connectivity index (χ4v) is 6.43. The van der Waals surface area contributed by atoms with Crippen LogP contribution < -0.4 is 0 Å². The third-order valence-corrected chi connectivity index (χ3v) is 8.07. The summed E-state index contributed by atoms with van der Waals surface area (Å²) >= 11 is 0. The summed E-state index contributed by atoms with van der Waals surface area (Å²) in [5.41, 5.74) is -0.147. The Morgan fingerprint density at radius 3 is 2.26 bits per heavy atom. The lowest BCUT2D eigenvalue weighted by Gasteiger charge is -2.34. The molecule has 2 aromatic rings. The number of benzene rings is 1. The molecule has 1 aromatic carbocycles. The van der Waals surface area contributed by atoms with Crippen molar-refractivity contribution in [2.24, 2.45) is 11.3 Å². The topological polar surface area (TPSA) is 90.4 Å². The van der Waals surface area contributed by atoms with E-state index in [4.69, 9.17) is 4.74 Å². The van der Waals surface area contributed by atoms with E-state index in [0.29, 0.717) is 18.4 Å². The minimum Gasteiger partial charge on any atom is -0.450 e. The predicted molar refractivity (Wildman–Crippen MR) is 131 cm³/mol. The van der Waals surface area contributed by atoms with E-state index >= 15 is 0 Å². The van der Waals surface area contributed by atoms with Crippen LogP contribution in [0.25, 0.3) is 0 Å². The van der Waals surface area contributed by atoms with Gasteiger partial charge in [0, 0.05) is 12.1 Å². The maximum Gasteiger partial charge on any atom is 0.318 e. The molecule has 7 heteroatoms. The van der Waals surface area contributed by atoms with E-state index in [1.54, 1.807) is 30.3 Å². The molecule has 2 unspecified atom stereocenters. The van der Waals surface area contributed by atoms with Crippen LogP contribution in [0.15, 0.2) is 53.7 Å². The summed E-state index contributed by atoms with van der Waals surface area (Å²) in [4.78, 5) is 30.9. The number of ether oxygens (including phenoxy) is 1. The Balaban J connectivity index is 2.00. The Hall–Kier alpha value is -2.54. The lowest BCUT2D eigenvalue weighted by Crippen LogP contribution is -2.40. The van der Waals surface area contributed by atoms with Gasteiger partial charge in [0.15, 0.2) is 26.2 Å². The van der Waals surface area contributed by atoms with Crippen LogP contribution in [-0.2, 0) is 29.9 Å². The van der Waals surface area contributed by atoms with Gasteiger partial charge in [-0.3, -0.25) is 9.59 Å². The molecule has 1 aromatic heterocycles. The SMILES string of the molecule is CCCC1(CCC)OC(=O)C(C(c2cccc(CS(=O)(=O)c3ccccn3)c2)C(C)(C)C)C1=O. The summed E-state index contributed by atoms with van der Waals surface area (Å²) in [6.07, 6.45) is 3.97. The third kappa shape index (κ3) is 5.24. The van der Waals surface area contributed by atoms with E-state index < -0.39 is 38.7 Å². The van der Waals surface area contributed by atoms with Crippen LogP contribution in [-0.4, -0.2) is 30.8 Å². The van der Waals surface area contributed by atoms with Gasteiger partial charge in [-0.25, -0.2) is 13.4 Å². The van der Waals surface area contributed by atoms with E-state index in [2.05, 4.69) is 4.98 Å². The molecule has 0 amide bonds. The van der Waals surface area contributed by atoms with Crippen molar-refractivity contribution in [2.45, 2.75) is 82.6 Å². The lowest BCUT2D eigenvalue weighted by molar-refractivity contribution is -0.154. The average Bonchev–Trinajstić information content (AvgIpc) is 2.98. The number of pyridine rings is 1. The summed E-state index contributed by atoms with van der Waals surface area (Å²) in [5.74, 6) is -2.19. The molecule has 0 N–H and O–H groups in total. The van der Waals surface area contributed by atoms with Crippen LogP contribution in [0, 0.1) is 11.3 Å². The van der Waals surface area contributed by atoms with Crippen molar-refractivity contribution < 1.29 is 22.7 Å². The maximum atomic E-state index is 13.7. The highest BCUT2D eigenvalue weighted by Gasteiger charge is 2.58. The first-order chi connectivity index (χ1) is 15.9. The Morgan fingerprint density at radius 2 is 1.71 bits per heavy atom. The van der Waals surface area contributed by atoms with Crippen LogP contribution in [0.1, 0.15) is 77.3 Å². The van der Waals surface area contributed by atoms with Crippen LogP contribution in [0.3, 0.4) is 0 Å². The van der Waals surface area contributed by atoms with Gasteiger partial charge < -0.3 is 4.74 Å². The largest absolute Gasteiger partial charge is 0.450 e. The number of hydrogen-bond acceptors (Lipinski definition) is 6. The van der Waals surface area contributed by atoms with Crippen molar-refractivity contribution in [1.29, 1.82) is 0 Å². The van der Waals surface area contributed by atoms with Crippen molar-refractivity contribution in [1.82, 2.24) is 4.98 Å². The summed E-state index contributed by atoms with van der Waals surface area (Å²) in [7, 11) is -3.63. The van der Waals surface area contributed by atoms with Crippen molar-refractivity contribution in [2.75, 3.05) is 0 Å². The molecule has 0 radical (unpaired) electrons. The number of aromatic nitrogens is 1. The Kier molecular flexibility index (Phi) is 7.65. The Labute approximate surface area is 203 Å². The molecule has 1 fully saturated rings. The average molecular weight is 486 g/mol. The molecule has 184 valence electrons. The Morgan fingerprint density at radius 1 is 1.03 bits per heavy atom. The number of Topliss-reactive ketones (excluding diaryl/α,β-unsaturated/α-hetero) is 1. The van der Waals surface area contributed by atoms with Gasteiger partial charge in [0.1, 0.15) is 5.92 Å². The molecule has 1 aliphatic heterocycles. The van der Waals surface area contributed by atoms with Gasteiger partial charge in [-0.2, -0.15) is 0 Å². The number of ketones is 1. The van der Waals surface area contributed by atoms with E-state index in [-0.39, 0.29) is 16.6 Å². The number of esters is 1. The number of hydrogen-bond donors (Lipinski definition) is 0. The fraction of sp³-hybridized carbons (Fsp3) is 0.519. The second kappa shape index (κ2) is 9.98. The van der Waals surface area contributed by atoms with E-state index in [1.807, 2.05) is 40.7 Å². The monoisotopic (exact) mass is 485 g/mol. The summed E-state index contributed by atoms with van der Waals surface area (Å²) in [5, 5.41) is 0.0197. The molecule has 0 spiro atoms. The number of sulfone groups is 1. The first kappa shape index (κ1) is 26.1. The number of carbonyl (C=O) groups excluding carboxylic acids is 2. The van der Waals surface area contributed by atoms with Gasteiger partial charge >= 0.3 is 5.97 Å². The van der Waals surface area contributed by atoms with E-state index in [1.165, 1.54) is 12.3 Å². The molecule has 2 heterocycles. The van der Waals surface area contributed by atoms with Crippen molar-refractivity contribution in [3.63, 3.8) is 0 Å². The molecule has 0 aliphatic carbocycles. The highest BCUT2D eigenvalue weighted by atomic mass is 32.2. The molecule has 1 saturated heterocycles. The molecule has 0 saturated carbocycles. The molecular formula is C27H35NO5S. The minimum atomic E-state index is -3.63. The zero-order valence-corrected chi connectivity index (χ0v) is 21.5. The number of rotatable bonds is 9. The van der Waals surface area contributed by atoms with Gasteiger partial charge in [-0.15, -0.1) is 0 Å². The molecule has 2 atom stereocenters. The molecule has 34 heavy (non-hydrogen) atoms. The van der Waals surface area contributed by atoms with Gasteiger partial charge in [0.2, 0.25) is 0 Å². The second-order valence-electron chi connectivity index (χ2n) is 10.3. The minimum absolute atomic E-state index is 0.0197. The van der Waals surface area contributed by atoms with Crippen molar-refractivity contribution >= 4 is 21.6 Å². The molecule has 6 nitrogen and oxygen atoms in total. The molecule has 0 bridgehead atoms. The van der Waals surface area contributed by atoms with Crippen LogP contribution in [0.4, 0.5) is 0 Å². The van der Waals surface area contributed by atoms with Crippen LogP contribution in [0.2, 0.25) is 0 Å². The quantitative estimate of drug-likeness (QED) is 0.355. The van der Waals surface area contributed by atoms with Crippen molar-refractivity contribution in [3.05, 3.63) is 59.8 Å². The van der Waals surface area contributed by atoms with Crippen LogP contribution in [0.5, 0.6) is 0 Å². The lowest BCUT2D eigenvalue weighted by atomic mass is 9.66. The Bertz CT molecular complexity index is 1130. The third-order valence-electron chi connectivity index (χ3n) is 6.48. The molecular weight excluding hydrogens is 450 g/mol. The predicted octanol–water partition coefficient (Wildman–Crippen LogP) is 5.27. The van der Waals surface area contributed by atoms with E-state index in [0.717, 1.165) is 18.4 Å². The van der Waals surface area contributed by atoms with Crippen molar-refractivity contribution in [3.8, 4) is 0 Å². The summed E-state index contributed by atoms with van der Waals surface area (Å²) in [6.45, 7) is 9.96. The van der Waals surface area contributed by atoms with Crippen LogP contribution >= 0.6 is 0 Å². The number of nitrogens with zero attached hydrogens (tertiary/aromatic N) is 1. The number of cyclic esters (lactones) is 1. The van der Waals surface area contributed by atoms with Gasteiger partial charge in [-0.05, 0) is 41.5 Å². The highest BCUT2D eigenvalue weighted by molar-refractivity contribution is 7.90. The summed E-state index contributed by atoms with van der Waals surface area (Å²) < 4.78 is 31.6. The maximum absolute atomic E-state index is 13.7.